The number of rotatable bonds is 4. The Morgan fingerprint density at radius 3 is 0.600 bits per heavy atom. The summed E-state index contributed by atoms with van der Waals surface area (Å²) >= 11 is 1.84. The number of carbonyl (C=O) groups is 2. The fourth-order valence-corrected chi connectivity index (χ4v) is 16.7. The Bertz CT molecular complexity index is 6340. The highest BCUT2D eigenvalue weighted by Gasteiger charge is 2.40. The molecule has 2 aliphatic carbocycles. The van der Waals surface area contributed by atoms with Crippen molar-refractivity contribution < 1.29 is 97.4 Å². The number of ketones is 2. The monoisotopic (exact) mass is 1700 g/mol. The van der Waals surface area contributed by atoms with Crippen molar-refractivity contribution in [2.24, 2.45) is 21.7 Å². The average Bonchev–Trinajstić information content (AvgIpc) is 1.58. The molecule has 0 spiro atoms. The summed E-state index contributed by atoms with van der Waals surface area (Å²) in [5.41, 5.74) is -20.1. The van der Waals surface area contributed by atoms with Crippen LogP contribution >= 0.6 is 22.7 Å². The number of nitrogens with zero attached hydrogens (tertiary/aromatic N) is 4. The minimum atomic E-state index is -2.67. The fraction of sp³-hybridized carbons (Fsp3) is 0.178. The van der Waals surface area contributed by atoms with Gasteiger partial charge in [0.15, 0.2) is 105 Å². The van der Waals surface area contributed by atoms with Gasteiger partial charge in [-0.1, -0.05) is 83.1 Å². The van der Waals surface area contributed by atoms with Crippen molar-refractivity contribution in [3.63, 3.8) is 0 Å². The van der Waals surface area contributed by atoms with E-state index in [1.165, 1.54) is 12.1 Å². The molecule has 0 unspecified atom stereocenters. The number of H-pyrrole nitrogens is 2. The van der Waals surface area contributed by atoms with Crippen molar-refractivity contribution in [1.29, 1.82) is 0 Å². The maximum atomic E-state index is 17.0. The predicted octanol–water partition coefficient (Wildman–Crippen LogP) is 24.2. The van der Waals surface area contributed by atoms with Gasteiger partial charge in [-0.3, -0.25) is 9.59 Å². The summed E-state index contributed by atoms with van der Waals surface area (Å²) in [5, 5.41) is -0.508. The van der Waals surface area contributed by atoms with Crippen LogP contribution in [0.25, 0.3) is 126 Å². The molecule has 6 aliphatic rings. The first kappa shape index (κ1) is 82.9. The van der Waals surface area contributed by atoms with Gasteiger partial charge in [-0.2, -0.15) is 0 Å². The minimum Gasteiger partial charge on any atom is -0.354 e. The minimum absolute atomic E-state index is 0.0492. The van der Waals surface area contributed by atoms with E-state index in [9.17, 15) is 9.59 Å². The maximum absolute atomic E-state index is 17.0. The molecule has 8 nitrogen and oxygen atoms in total. The van der Waals surface area contributed by atoms with Crippen LogP contribution in [0.3, 0.4) is 0 Å². The van der Waals surface area contributed by atoms with Crippen LogP contribution in [0.5, 0.6) is 0 Å². The number of aromatic amines is 2. The van der Waals surface area contributed by atoms with Crippen molar-refractivity contribution in [2.45, 2.75) is 83.1 Å². The third kappa shape index (κ3) is 13.7. The van der Waals surface area contributed by atoms with Gasteiger partial charge in [0.2, 0.25) is 23.3 Å². The van der Waals surface area contributed by atoms with E-state index < -0.39 is 250 Å². The molecule has 0 fully saturated rings. The first-order valence-electron chi connectivity index (χ1n) is 36.4. The summed E-state index contributed by atoms with van der Waals surface area (Å²) in [7, 11) is 0. The van der Waals surface area contributed by atoms with Crippen LogP contribution in [0.4, 0.5) is 87.8 Å². The van der Waals surface area contributed by atoms with Crippen molar-refractivity contribution in [2.75, 3.05) is 0 Å². The predicted molar refractivity (Wildman–Crippen MR) is 419 cm³/mol. The lowest BCUT2D eigenvalue weighted by Crippen LogP contribution is -2.28. The Kier molecular flexibility index (Phi) is 20.3. The Labute approximate surface area is 674 Å². The number of benzene rings is 4. The first-order valence-corrected chi connectivity index (χ1v) is 38.0. The molecule has 9 heterocycles. The summed E-state index contributed by atoms with van der Waals surface area (Å²) in [6.07, 6.45) is 14.7. The molecule has 0 atom stereocenters. The van der Waals surface area contributed by atoms with Gasteiger partial charge in [0.25, 0.3) is 0 Å². The van der Waals surface area contributed by atoms with Gasteiger partial charge < -0.3 is 9.97 Å². The Balaban J connectivity index is 1.22. The van der Waals surface area contributed by atoms with Crippen LogP contribution in [-0.2, 0) is 9.59 Å². The third-order valence-corrected chi connectivity index (χ3v) is 22.9. The lowest BCUT2D eigenvalue weighted by Gasteiger charge is -2.31. The molecule has 9 aromatic rings. The van der Waals surface area contributed by atoms with Gasteiger partial charge in [-0.05, 0) is 154 Å². The SMILES string of the molecule is CC(C)(C)C1=CC(=c2ccc(=c3c4nc(c(-c5c(F)c(F)c(F)c(F)c5F)c5ccc([nH]5)c(-c5c(F)c(F)c(F)c(F)c5F)c5nc(c(=c6ccc(=C7C=C(C(C)(C)C)C(=O)C(C(C)(C)C)=C7)s6)c6nc(c(-c7c(F)c(F)c(F)c(F)c7F)c7ccc([nH]7)c(-c7c(F)c(F)c(F)c(F)c7F)c7nc3C=C7)C=C6)C=C5)C=C4)s2)C=C(C(C)(C)C)C1=O. The maximum Gasteiger partial charge on any atom is 0.200 e. The second-order valence-corrected chi connectivity index (χ2v) is 34.8. The van der Waals surface area contributed by atoms with Gasteiger partial charge in [0, 0.05) is 95.2 Å². The van der Waals surface area contributed by atoms with Gasteiger partial charge in [0.05, 0.1) is 67.8 Å². The van der Waals surface area contributed by atoms with Crippen molar-refractivity contribution >= 4 is 116 Å². The van der Waals surface area contributed by atoms with Crippen LogP contribution in [-0.4, -0.2) is 41.5 Å². The van der Waals surface area contributed by atoms with Crippen molar-refractivity contribution in [3.05, 3.63) is 286 Å². The fourth-order valence-electron chi connectivity index (χ4n) is 14.6. The largest absolute Gasteiger partial charge is 0.354 e. The number of fused-ring (bicyclic) bond motifs is 12. The molecule has 4 aliphatic heterocycles. The third-order valence-electron chi connectivity index (χ3n) is 20.6. The van der Waals surface area contributed by atoms with E-state index in [1.807, 2.05) is 0 Å². The molecule has 612 valence electrons. The molecule has 2 N–H and O–H groups in total. The van der Waals surface area contributed by atoms with E-state index >= 15 is 87.8 Å². The van der Waals surface area contributed by atoms with Gasteiger partial charge >= 0.3 is 0 Å². The molecular formula is C90H58F20N6O2S2. The molecule has 0 saturated heterocycles. The summed E-state index contributed by atoms with van der Waals surface area (Å²) < 4.78 is 326. The Hall–Kier alpha value is -12.2. The topological polar surface area (TPSA) is 117 Å². The van der Waals surface area contributed by atoms with Gasteiger partial charge in [0.1, 0.15) is 0 Å². The van der Waals surface area contributed by atoms with Crippen LogP contribution in [0.2, 0.25) is 0 Å². The zero-order chi connectivity index (χ0) is 87.0. The summed E-state index contributed by atoms with van der Waals surface area (Å²) in [6, 6.07) is 9.32. The first-order chi connectivity index (χ1) is 56.2. The second-order valence-electron chi connectivity index (χ2n) is 32.6. The summed E-state index contributed by atoms with van der Waals surface area (Å²) in [5.74, 6) is -51.7. The number of Topliss-reactive ketones (excluding diaryl/α,β-unsaturated/α-hetero) is 2. The number of hydrogen-bond donors (Lipinski definition) is 2. The van der Waals surface area contributed by atoms with Crippen molar-refractivity contribution in [1.82, 2.24) is 29.9 Å². The normalized spacial score (nSPS) is 14.4. The highest BCUT2D eigenvalue weighted by molar-refractivity contribution is 7.08. The van der Waals surface area contributed by atoms with Gasteiger partial charge in [-0.15, -0.1) is 22.7 Å². The molecule has 120 heavy (non-hydrogen) atoms. The van der Waals surface area contributed by atoms with Crippen LogP contribution in [0, 0.1) is 158 Å². The van der Waals surface area contributed by atoms with Crippen molar-refractivity contribution in [3.8, 4) is 44.5 Å². The molecule has 5 aromatic heterocycles. The van der Waals surface area contributed by atoms with E-state index in [2.05, 4.69) is 29.9 Å². The lowest BCUT2D eigenvalue weighted by atomic mass is 9.72. The number of carbonyl (C=O) groups excluding carboxylic acids is 2. The van der Waals surface area contributed by atoms with E-state index in [1.54, 1.807) is 120 Å². The Morgan fingerprint density at radius 1 is 0.233 bits per heavy atom. The average molecular weight is 1700 g/mol. The van der Waals surface area contributed by atoms with E-state index in [4.69, 9.17) is 0 Å². The lowest BCUT2D eigenvalue weighted by molar-refractivity contribution is -0.114. The Morgan fingerprint density at radius 2 is 0.408 bits per heavy atom. The quantitative estimate of drug-likeness (QED) is 0.103. The second kappa shape index (κ2) is 29.4. The smallest absolute Gasteiger partial charge is 0.200 e. The number of halogens is 20. The van der Waals surface area contributed by atoms with E-state index in [0.29, 0.717) is 42.5 Å². The molecule has 12 bridgehead atoms. The van der Waals surface area contributed by atoms with Gasteiger partial charge in [-0.25, -0.2) is 108 Å². The number of thiophene rings is 2. The number of aromatic nitrogens is 6. The standard InChI is InChI=1S/C90H58F20N6O2S2/c1-87(2,3)35-29-33(30-36(85(35)117)88(4,5)6)51-25-27-53(119-51)55-39-13-17-43(111-39)57(61-65(91)73(99)81(107)74(100)66(61)92)47-21-23-49(115-47)59(63-69(95)77(103)83(109)78(104)70(63)96)45-19-15-41(113-45)56(54-28-26-52(120-54)34-31-37(89(7,8)9)86(118)38(32-34)90(10,11)12)42-16-20-46(114-42)60(64-71(97)79(105)84(110)80(106)72(64)98)50-24-22-48(116-50)58(44-18-14-40(55)112-44)62-67(93)75(101)82(108)76(102)68(62)94/h13-32,115-116H,1-12H3. The molecule has 0 radical (unpaired) electrons. The van der Waals surface area contributed by atoms with Crippen LogP contribution in [0.1, 0.15) is 129 Å². The number of allylic oxidation sites excluding steroid dienone is 8. The summed E-state index contributed by atoms with van der Waals surface area (Å²) in [4.78, 5) is 52.4. The zero-order valence-corrected chi connectivity index (χ0v) is 66.2. The molecule has 0 saturated carbocycles. The molecular weight excluding hydrogens is 1640 g/mol. The molecule has 30 heteroatoms. The summed E-state index contributed by atoms with van der Waals surface area (Å²) in [6.45, 7) is 21.5. The highest BCUT2D eigenvalue weighted by atomic mass is 32.1. The number of hydrogen-bond acceptors (Lipinski definition) is 8. The highest BCUT2D eigenvalue weighted by Crippen LogP contribution is 2.47. The number of nitrogens with one attached hydrogen (secondary N) is 2. The van der Waals surface area contributed by atoms with E-state index in [0.717, 1.165) is 95.5 Å². The van der Waals surface area contributed by atoms with Crippen LogP contribution < -0.4 is 9.06 Å². The van der Waals surface area contributed by atoms with E-state index in [-0.39, 0.29) is 31.1 Å². The molecule has 15 rings (SSSR count). The molecule has 4 aromatic carbocycles. The molecule has 0 amide bonds. The van der Waals surface area contributed by atoms with Crippen LogP contribution in [0.15, 0.2) is 95.1 Å². The zero-order valence-electron chi connectivity index (χ0n) is 64.5.